The summed E-state index contributed by atoms with van der Waals surface area (Å²) >= 11 is 0. The normalized spacial score (nSPS) is 12.2. The van der Waals surface area contributed by atoms with E-state index in [4.69, 9.17) is 0 Å². The highest BCUT2D eigenvalue weighted by atomic mass is 15.0. The van der Waals surface area contributed by atoms with Gasteiger partial charge in [0, 0.05) is 32.9 Å². The molecule has 2 nitrogen and oxygen atoms in total. The molecule has 0 aliphatic carbocycles. The van der Waals surface area contributed by atoms with E-state index in [2.05, 4.69) is 217 Å². The fraction of sp³-hybridized carbons (Fsp3) is 0.0189. The molecule has 0 bridgehead atoms. The topological polar surface area (TPSA) is 9.86 Å². The molecule has 10 rings (SSSR count). The summed E-state index contributed by atoms with van der Waals surface area (Å²) in [5.74, 6) is 0. The van der Waals surface area contributed by atoms with Crippen molar-refractivity contribution in [3.63, 3.8) is 0 Å². The Morgan fingerprint density at radius 1 is 0.455 bits per heavy atom. The maximum Gasteiger partial charge on any atom is 0.0548 e. The molecule has 0 atom stereocenters. The molecule has 0 unspecified atom stereocenters. The van der Waals surface area contributed by atoms with Gasteiger partial charge in [0.2, 0.25) is 0 Å². The van der Waals surface area contributed by atoms with Crippen molar-refractivity contribution in [2.24, 2.45) is 0 Å². The Morgan fingerprint density at radius 2 is 1.07 bits per heavy atom. The van der Waals surface area contributed by atoms with E-state index >= 15 is 0 Å². The SMILES string of the molecule is C=C/C=C(\C=C/C)c1ccc2c(c1)c1c3c4ccccc4n(-c4ccc(-c5ccccc5)cc4)c3ccc1n2-c1cccc(-c2ccc3ccccc3c2)c1. The van der Waals surface area contributed by atoms with E-state index in [1.165, 1.54) is 76.6 Å². The lowest BCUT2D eigenvalue weighted by atomic mass is 10.00. The zero-order valence-corrected chi connectivity index (χ0v) is 30.7. The van der Waals surface area contributed by atoms with Gasteiger partial charge in [0.25, 0.3) is 0 Å². The molecule has 0 aliphatic rings. The van der Waals surface area contributed by atoms with Gasteiger partial charge in [-0.15, -0.1) is 0 Å². The van der Waals surface area contributed by atoms with E-state index in [0.29, 0.717) is 0 Å². The van der Waals surface area contributed by atoms with Gasteiger partial charge >= 0.3 is 0 Å². The fourth-order valence-electron chi connectivity index (χ4n) is 8.49. The minimum absolute atomic E-state index is 1.13. The summed E-state index contributed by atoms with van der Waals surface area (Å²) in [5.41, 5.74) is 14.1. The lowest BCUT2D eigenvalue weighted by molar-refractivity contribution is 1.17. The summed E-state index contributed by atoms with van der Waals surface area (Å²) in [7, 11) is 0. The van der Waals surface area contributed by atoms with Crippen molar-refractivity contribution in [2.75, 3.05) is 0 Å². The van der Waals surface area contributed by atoms with E-state index in [1.54, 1.807) is 0 Å². The number of hydrogen-bond acceptors (Lipinski definition) is 0. The van der Waals surface area contributed by atoms with Crippen molar-refractivity contribution < 1.29 is 0 Å². The summed E-state index contributed by atoms with van der Waals surface area (Å²) in [6, 6.07) is 64.3. The van der Waals surface area contributed by atoms with Crippen molar-refractivity contribution in [3.8, 4) is 33.6 Å². The molecule has 0 radical (unpaired) electrons. The Labute approximate surface area is 320 Å². The molecule has 0 N–H and O–H groups in total. The second-order valence-corrected chi connectivity index (χ2v) is 14.2. The summed E-state index contributed by atoms with van der Waals surface area (Å²) in [5, 5.41) is 7.45. The number of aromatic nitrogens is 2. The van der Waals surface area contributed by atoms with Gasteiger partial charge < -0.3 is 9.13 Å². The third kappa shape index (κ3) is 5.42. The first-order chi connectivity index (χ1) is 27.2. The molecule has 0 spiro atoms. The molecule has 0 aliphatic heterocycles. The smallest absolute Gasteiger partial charge is 0.0548 e. The maximum atomic E-state index is 4.03. The van der Waals surface area contributed by atoms with Gasteiger partial charge in [-0.3, -0.25) is 0 Å². The highest BCUT2D eigenvalue weighted by Gasteiger charge is 2.21. The van der Waals surface area contributed by atoms with Gasteiger partial charge in [-0.1, -0.05) is 146 Å². The zero-order chi connectivity index (χ0) is 36.9. The Kier molecular flexibility index (Phi) is 7.89. The molecule has 2 heterocycles. The van der Waals surface area contributed by atoms with Gasteiger partial charge in [0.1, 0.15) is 0 Å². The standard InChI is InChI=1S/C53H38N2/c1-3-13-36(14-4-2)43-27-30-49-47(35-43)53-51(55(49)45-20-12-19-41(34-45)42-24-23-38-17-8-9-18-40(38)33-42)32-31-50-52(53)46-21-10-11-22-48(46)54(50)44-28-25-39(26-29-44)37-15-6-5-7-16-37/h3-35H,1H2,2H3/b14-4-,36-13+. The monoisotopic (exact) mass is 702 g/mol. The number of nitrogens with zero attached hydrogens (tertiary/aromatic N) is 2. The van der Waals surface area contributed by atoms with Crippen LogP contribution in [0.15, 0.2) is 207 Å². The first-order valence-electron chi connectivity index (χ1n) is 18.9. The predicted molar refractivity (Wildman–Crippen MR) is 236 cm³/mol. The maximum absolute atomic E-state index is 4.03. The molecule has 0 fully saturated rings. The summed E-state index contributed by atoms with van der Waals surface area (Å²) in [6.45, 7) is 6.09. The molecule has 0 saturated carbocycles. The van der Waals surface area contributed by atoms with E-state index in [-0.39, 0.29) is 0 Å². The van der Waals surface area contributed by atoms with Crippen LogP contribution in [0.5, 0.6) is 0 Å². The van der Waals surface area contributed by atoms with Crippen LogP contribution in [-0.2, 0) is 0 Å². The van der Waals surface area contributed by atoms with Crippen molar-refractivity contribution in [2.45, 2.75) is 6.92 Å². The van der Waals surface area contributed by atoms with Crippen molar-refractivity contribution >= 4 is 60.0 Å². The Hall–Kier alpha value is -7.16. The number of fused-ring (bicyclic) bond motifs is 8. The molecule has 260 valence electrons. The molecule has 10 aromatic rings. The molecular formula is C53H38N2. The number of benzene rings is 8. The van der Waals surface area contributed by atoms with Crippen LogP contribution in [-0.4, -0.2) is 9.13 Å². The third-order valence-electron chi connectivity index (χ3n) is 11.0. The van der Waals surface area contributed by atoms with Crippen molar-refractivity contribution in [3.05, 3.63) is 212 Å². The molecular weight excluding hydrogens is 665 g/mol. The summed E-state index contributed by atoms with van der Waals surface area (Å²) in [4.78, 5) is 0. The van der Waals surface area contributed by atoms with Crippen LogP contribution in [0.4, 0.5) is 0 Å². The first kappa shape index (κ1) is 32.5. The largest absolute Gasteiger partial charge is 0.309 e. The average molecular weight is 703 g/mol. The molecule has 2 aromatic heterocycles. The zero-order valence-electron chi connectivity index (χ0n) is 30.7. The van der Waals surface area contributed by atoms with Crippen LogP contribution in [0.25, 0.3) is 93.6 Å². The lowest BCUT2D eigenvalue weighted by Crippen LogP contribution is -1.95. The number of para-hydroxylation sites is 1. The molecule has 2 heteroatoms. The Morgan fingerprint density at radius 3 is 1.87 bits per heavy atom. The highest BCUT2D eigenvalue weighted by Crippen LogP contribution is 2.43. The number of rotatable bonds is 7. The van der Waals surface area contributed by atoms with Gasteiger partial charge in [-0.2, -0.15) is 0 Å². The average Bonchev–Trinajstić information content (AvgIpc) is 3.76. The lowest BCUT2D eigenvalue weighted by Gasteiger charge is -2.12. The Bertz CT molecular complexity index is 3150. The first-order valence-corrected chi connectivity index (χ1v) is 18.9. The molecule has 0 amide bonds. The second-order valence-electron chi connectivity index (χ2n) is 14.2. The van der Waals surface area contributed by atoms with Gasteiger partial charge in [0.05, 0.1) is 22.1 Å². The predicted octanol–water partition coefficient (Wildman–Crippen LogP) is 14.5. The van der Waals surface area contributed by atoms with Crippen LogP contribution < -0.4 is 0 Å². The van der Waals surface area contributed by atoms with Crippen LogP contribution in [0.3, 0.4) is 0 Å². The second kappa shape index (κ2) is 13.4. The van der Waals surface area contributed by atoms with Crippen LogP contribution >= 0.6 is 0 Å². The number of allylic oxidation sites excluding steroid dienone is 5. The van der Waals surface area contributed by atoms with Gasteiger partial charge in [-0.25, -0.2) is 0 Å². The minimum Gasteiger partial charge on any atom is -0.309 e. The van der Waals surface area contributed by atoms with Crippen LogP contribution in [0, 0.1) is 0 Å². The van der Waals surface area contributed by atoms with Crippen molar-refractivity contribution in [1.29, 1.82) is 0 Å². The third-order valence-corrected chi connectivity index (χ3v) is 11.0. The van der Waals surface area contributed by atoms with Crippen molar-refractivity contribution in [1.82, 2.24) is 9.13 Å². The quantitative estimate of drug-likeness (QED) is 0.146. The van der Waals surface area contributed by atoms with Gasteiger partial charge in [0.15, 0.2) is 0 Å². The number of hydrogen-bond donors (Lipinski definition) is 0. The minimum atomic E-state index is 1.13. The van der Waals surface area contributed by atoms with E-state index < -0.39 is 0 Å². The van der Waals surface area contributed by atoms with Crippen LogP contribution in [0.2, 0.25) is 0 Å². The highest BCUT2D eigenvalue weighted by molar-refractivity contribution is 6.29. The Balaban J connectivity index is 1.25. The van der Waals surface area contributed by atoms with E-state index in [9.17, 15) is 0 Å². The molecule has 8 aromatic carbocycles. The summed E-state index contributed by atoms with van der Waals surface area (Å²) in [6.07, 6.45) is 8.22. The molecule has 0 saturated heterocycles. The molecule has 55 heavy (non-hydrogen) atoms. The van der Waals surface area contributed by atoms with E-state index in [0.717, 1.165) is 22.5 Å². The van der Waals surface area contributed by atoms with Gasteiger partial charge in [-0.05, 0) is 112 Å². The fourth-order valence-corrected chi connectivity index (χ4v) is 8.49. The van der Waals surface area contributed by atoms with E-state index in [1.807, 2.05) is 6.08 Å². The summed E-state index contributed by atoms with van der Waals surface area (Å²) < 4.78 is 4.88. The van der Waals surface area contributed by atoms with Crippen LogP contribution in [0.1, 0.15) is 12.5 Å².